The molecule has 1 N–H and O–H groups in total. The highest BCUT2D eigenvalue weighted by Gasteiger charge is 2.41. The predicted molar refractivity (Wildman–Crippen MR) is 129 cm³/mol. The Balaban J connectivity index is 1.78. The van der Waals surface area contributed by atoms with Gasteiger partial charge in [0.05, 0.1) is 11.2 Å². The number of hydrogen-bond acceptors (Lipinski definition) is 3. The maximum atomic E-state index is 12.5. The third-order valence-corrected chi connectivity index (χ3v) is 7.25. The summed E-state index contributed by atoms with van der Waals surface area (Å²) in [6, 6.07) is 8.20. The van der Waals surface area contributed by atoms with E-state index in [1.807, 2.05) is 12.1 Å². The Hall–Kier alpha value is -1.56. The first-order chi connectivity index (χ1) is 14.3. The van der Waals surface area contributed by atoms with Crippen LogP contribution in [0.25, 0.3) is 0 Å². The Morgan fingerprint density at radius 3 is 2.07 bits per heavy atom. The van der Waals surface area contributed by atoms with Crippen LogP contribution in [0, 0.1) is 0 Å². The summed E-state index contributed by atoms with van der Waals surface area (Å²) in [5, 5.41) is 4.38. The lowest BCUT2D eigenvalue weighted by molar-refractivity contribution is 0.555. The van der Waals surface area contributed by atoms with E-state index in [0.29, 0.717) is 6.42 Å². The largest absolute Gasteiger partial charge is 0.328 e. The average molecular weight is 436 g/mol. The van der Waals surface area contributed by atoms with Crippen molar-refractivity contribution in [2.45, 2.75) is 97.3 Å². The SMILES string of the molecule is CCCCCCCCCCCCS(=O)(=O)N/N=C1\N(CC)c2ccccc2C1(C)C. The summed E-state index contributed by atoms with van der Waals surface area (Å²) in [4.78, 5) is 4.60. The first-order valence-electron chi connectivity index (χ1n) is 11.8. The fraction of sp³-hybridized carbons (Fsp3) is 0.708. The molecular formula is C24H41N3O2S. The number of para-hydroxylation sites is 1. The number of sulfonamides is 1. The minimum absolute atomic E-state index is 0.139. The lowest BCUT2D eigenvalue weighted by atomic mass is 9.86. The van der Waals surface area contributed by atoms with Gasteiger partial charge in [-0.15, -0.1) is 0 Å². The topological polar surface area (TPSA) is 61.8 Å². The van der Waals surface area contributed by atoms with Crippen LogP contribution in [0.2, 0.25) is 0 Å². The molecule has 0 aromatic heterocycles. The zero-order valence-corrected chi connectivity index (χ0v) is 20.2. The van der Waals surface area contributed by atoms with Crippen molar-refractivity contribution in [3.05, 3.63) is 29.8 Å². The summed E-state index contributed by atoms with van der Waals surface area (Å²) >= 11 is 0. The van der Waals surface area contributed by atoms with Crippen LogP contribution < -0.4 is 9.73 Å². The molecule has 0 fully saturated rings. The molecule has 1 aromatic carbocycles. The molecule has 0 radical (unpaired) electrons. The first kappa shape index (κ1) is 24.7. The number of benzene rings is 1. The number of anilines is 1. The Morgan fingerprint density at radius 2 is 1.47 bits per heavy atom. The van der Waals surface area contributed by atoms with E-state index in [2.05, 4.69) is 54.7 Å². The van der Waals surface area contributed by atoms with Gasteiger partial charge in [0.15, 0.2) is 0 Å². The highest BCUT2D eigenvalue weighted by Crippen LogP contribution is 2.41. The van der Waals surface area contributed by atoms with Crippen LogP contribution in [0.5, 0.6) is 0 Å². The highest BCUT2D eigenvalue weighted by atomic mass is 32.2. The van der Waals surface area contributed by atoms with Crippen LogP contribution in [0.4, 0.5) is 5.69 Å². The molecule has 0 unspecified atom stereocenters. The molecule has 0 aliphatic carbocycles. The number of rotatable bonds is 14. The molecule has 1 aromatic rings. The molecule has 0 saturated carbocycles. The van der Waals surface area contributed by atoms with E-state index in [9.17, 15) is 8.42 Å². The van der Waals surface area contributed by atoms with Crippen molar-refractivity contribution < 1.29 is 8.42 Å². The fourth-order valence-electron chi connectivity index (χ4n) is 4.27. The van der Waals surface area contributed by atoms with Crippen molar-refractivity contribution in [3.8, 4) is 0 Å². The van der Waals surface area contributed by atoms with Gasteiger partial charge in [0, 0.05) is 12.2 Å². The standard InChI is InChI=1S/C24H41N3O2S/c1-5-7-8-9-10-11-12-13-14-17-20-30(28,29)26-25-23-24(3,4)21-18-15-16-19-22(21)27(23)6-2/h15-16,18-19,26H,5-14,17,20H2,1-4H3/b25-23-. The molecule has 6 heteroatoms. The van der Waals surface area contributed by atoms with Gasteiger partial charge in [0.25, 0.3) is 0 Å². The van der Waals surface area contributed by atoms with E-state index in [1.54, 1.807) is 0 Å². The molecule has 0 saturated heterocycles. The smallest absolute Gasteiger partial charge is 0.247 e. The third kappa shape index (κ3) is 6.73. The number of unbranched alkanes of at least 4 members (excludes halogenated alkanes) is 9. The summed E-state index contributed by atoms with van der Waals surface area (Å²) in [6.07, 6.45) is 11.9. The van der Waals surface area contributed by atoms with Crippen molar-refractivity contribution in [3.63, 3.8) is 0 Å². The van der Waals surface area contributed by atoms with Gasteiger partial charge >= 0.3 is 0 Å². The monoisotopic (exact) mass is 435 g/mol. The second-order valence-corrected chi connectivity index (χ2v) is 10.7. The number of likely N-dealkylation sites (N-methyl/N-ethyl adjacent to an activating group) is 1. The van der Waals surface area contributed by atoms with Crippen molar-refractivity contribution in [2.75, 3.05) is 17.2 Å². The van der Waals surface area contributed by atoms with Gasteiger partial charge in [-0.3, -0.25) is 0 Å². The van der Waals surface area contributed by atoms with Crippen molar-refractivity contribution in [1.29, 1.82) is 0 Å². The number of hydrazone groups is 1. The van der Waals surface area contributed by atoms with Gasteiger partial charge in [-0.05, 0) is 38.8 Å². The second kappa shape index (κ2) is 11.7. The molecule has 30 heavy (non-hydrogen) atoms. The van der Waals surface area contributed by atoms with Crippen molar-refractivity contribution >= 4 is 21.5 Å². The predicted octanol–water partition coefficient (Wildman–Crippen LogP) is 5.96. The van der Waals surface area contributed by atoms with E-state index in [4.69, 9.17) is 0 Å². The van der Waals surface area contributed by atoms with Crippen molar-refractivity contribution in [1.82, 2.24) is 4.83 Å². The van der Waals surface area contributed by atoms with Gasteiger partial charge in [-0.1, -0.05) is 82.9 Å². The molecule has 0 spiro atoms. The maximum absolute atomic E-state index is 12.5. The summed E-state index contributed by atoms with van der Waals surface area (Å²) in [6.45, 7) is 9.24. The number of nitrogens with one attached hydrogen (secondary N) is 1. The van der Waals surface area contributed by atoms with Crippen LogP contribution in [-0.2, 0) is 15.4 Å². The van der Waals surface area contributed by atoms with Gasteiger partial charge in [-0.25, -0.2) is 13.2 Å². The lowest BCUT2D eigenvalue weighted by Crippen LogP contribution is -2.39. The van der Waals surface area contributed by atoms with E-state index in [0.717, 1.165) is 30.9 Å². The summed E-state index contributed by atoms with van der Waals surface area (Å²) < 4.78 is 24.9. The van der Waals surface area contributed by atoms with Crippen LogP contribution in [-0.4, -0.2) is 26.6 Å². The normalized spacial score (nSPS) is 16.8. The van der Waals surface area contributed by atoms with Gasteiger partial charge in [0.2, 0.25) is 10.0 Å². The molecule has 5 nitrogen and oxygen atoms in total. The molecule has 170 valence electrons. The number of nitrogens with zero attached hydrogens (tertiary/aromatic N) is 2. The average Bonchev–Trinajstić information content (AvgIpc) is 2.94. The fourth-order valence-corrected chi connectivity index (χ4v) is 5.17. The summed E-state index contributed by atoms with van der Waals surface area (Å²) in [5.41, 5.74) is 1.96. The van der Waals surface area contributed by atoms with Crippen LogP contribution in [0.3, 0.4) is 0 Å². The molecule has 1 aliphatic rings. The Morgan fingerprint density at radius 1 is 0.900 bits per heavy atom. The number of fused-ring (bicyclic) bond motifs is 1. The Labute approximate surface area is 184 Å². The quantitative estimate of drug-likeness (QED) is 0.290. The Bertz CT molecular complexity index is 787. The second-order valence-electron chi connectivity index (χ2n) is 8.91. The molecule has 2 rings (SSSR count). The molecule has 0 amide bonds. The third-order valence-electron chi connectivity index (χ3n) is 6.06. The summed E-state index contributed by atoms with van der Waals surface area (Å²) in [7, 11) is -3.41. The van der Waals surface area contributed by atoms with Gasteiger partial charge in [-0.2, -0.15) is 5.10 Å². The van der Waals surface area contributed by atoms with Gasteiger partial charge < -0.3 is 4.90 Å². The minimum Gasteiger partial charge on any atom is -0.328 e. The maximum Gasteiger partial charge on any atom is 0.247 e. The molecule has 1 aliphatic heterocycles. The minimum atomic E-state index is -3.41. The van der Waals surface area contributed by atoms with Crippen LogP contribution in [0.15, 0.2) is 29.4 Å². The van der Waals surface area contributed by atoms with E-state index in [-0.39, 0.29) is 11.2 Å². The summed E-state index contributed by atoms with van der Waals surface area (Å²) in [5.74, 6) is 0.901. The van der Waals surface area contributed by atoms with E-state index >= 15 is 0 Å². The van der Waals surface area contributed by atoms with E-state index < -0.39 is 10.0 Å². The highest BCUT2D eigenvalue weighted by molar-refractivity contribution is 7.89. The molecule has 1 heterocycles. The number of hydrogen-bond donors (Lipinski definition) is 1. The zero-order valence-electron chi connectivity index (χ0n) is 19.4. The van der Waals surface area contributed by atoms with E-state index in [1.165, 1.54) is 50.5 Å². The van der Waals surface area contributed by atoms with Crippen LogP contribution in [0.1, 0.15) is 97.5 Å². The Kier molecular flexibility index (Phi) is 9.66. The molecule has 0 bridgehead atoms. The number of amidine groups is 1. The molecule has 0 atom stereocenters. The first-order valence-corrected chi connectivity index (χ1v) is 13.4. The lowest BCUT2D eigenvalue weighted by Gasteiger charge is -2.24. The van der Waals surface area contributed by atoms with Gasteiger partial charge in [0.1, 0.15) is 5.84 Å². The zero-order chi connectivity index (χ0) is 22.0. The van der Waals surface area contributed by atoms with Crippen LogP contribution >= 0.6 is 0 Å². The molecular weight excluding hydrogens is 394 g/mol. The van der Waals surface area contributed by atoms with Crippen molar-refractivity contribution in [2.24, 2.45) is 5.10 Å².